The van der Waals surface area contributed by atoms with Gasteiger partial charge in [0.15, 0.2) is 0 Å². The number of carbonyl (C=O) groups is 2. The summed E-state index contributed by atoms with van der Waals surface area (Å²) in [4.78, 5) is 24.3. The molecule has 0 aromatic heterocycles. The standard InChI is InChI=1S/C53H68O8/c1-4-7-9-11-13-16-34-56-47-29-25-43(26-30-47)22-23-44-24-27-46-41-48(31-28-45(46)40-44)57-35-17-14-15-18-36-58-49-32-33-51(59-37-20-21-38-60-52(54)6-3)50(42-49)53(55)61-39-19-12-10-8-5-2/h6,24-33,40-42H,3-5,7-21,34-39H2,1-2H3. The average Bonchev–Trinajstić information content (AvgIpc) is 3.28. The van der Waals surface area contributed by atoms with E-state index in [0.29, 0.717) is 56.3 Å². The maximum atomic E-state index is 13.1. The van der Waals surface area contributed by atoms with E-state index in [1.54, 1.807) is 12.1 Å². The van der Waals surface area contributed by atoms with E-state index in [2.05, 4.69) is 62.6 Å². The summed E-state index contributed by atoms with van der Waals surface area (Å²) in [5, 5.41) is 2.25. The Morgan fingerprint density at radius 3 is 1.61 bits per heavy atom. The summed E-state index contributed by atoms with van der Waals surface area (Å²) < 4.78 is 34.6. The lowest BCUT2D eigenvalue weighted by molar-refractivity contribution is -0.137. The van der Waals surface area contributed by atoms with Gasteiger partial charge in [-0.15, -0.1) is 0 Å². The van der Waals surface area contributed by atoms with Crippen molar-refractivity contribution in [3.8, 4) is 34.8 Å². The molecule has 0 amide bonds. The first kappa shape index (κ1) is 48.2. The molecule has 0 spiro atoms. The summed E-state index contributed by atoms with van der Waals surface area (Å²) in [6, 6.07) is 25.8. The van der Waals surface area contributed by atoms with Crippen LogP contribution < -0.4 is 18.9 Å². The molecule has 0 fully saturated rings. The minimum atomic E-state index is -0.442. The Kier molecular flexibility index (Phi) is 23.5. The van der Waals surface area contributed by atoms with Crippen molar-refractivity contribution in [3.63, 3.8) is 0 Å². The van der Waals surface area contributed by atoms with E-state index >= 15 is 0 Å². The average molecular weight is 833 g/mol. The van der Waals surface area contributed by atoms with Gasteiger partial charge < -0.3 is 28.4 Å². The van der Waals surface area contributed by atoms with Gasteiger partial charge in [-0.2, -0.15) is 0 Å². The minimum Gasteiger partial charge on any atom is -0.494 e. The van der Waals surface area contributed by atoms with Gasteiger partial charge >= 0.3 is 11.9 Å². The van der Waals surface area contributed by atoms with E-state index < -0.39 is 11.9 Å². The summed E-state index contributed by atoms with van der Waals surface area (Å²) in [7, 11) is 0. The van der Waals surface area contributed by atoms with Crippen LogP contribution in [-0.2, 0) is 14.3 Å². The molecule has 61 heavy (non-hydrogen) atoms. The predicted octanol–water partition coefficient (Wildman–Crippen LogP) is 13.0. The van der Waals surface area contributed by atoms with Crippen LogP contribution in [0.2, 0.25) is 0 Å². The lowest BCUT2D eigenvalue weighted by Gasteiger charge is -2.14. The summed E-state index contributed by atoms with van der Waals surface area (Å²) in [5.41, 5.74) is 2.29. The van der Waals surface area contributed by atoms with Gasteiger partial charge in [0.05, 0.1) is 39.6 Å². The highest BCUT2D eigenvalue weighted by Crippen LogP contribution is 2.27. The lowest BCUT2D eigenvalue weighted by Crippen LogP contribution is -2.11. The molecule has 0 saturated heterocycles. The number of ether oxygens (including phenoxy) is 6. The molecule has 0 radical (unpaired) electrons. The lowest BCUT2D eigenvalue weighted by atomic mass is 10.1. The Balaban J connectivity index is 1.14. The van der Waals surface area contributed by atoms with Crippen molar-refractivity contribution < 1.29 is 38.0 Å². The molecular formula is C53H68O8. The fourth-order valence-corrected chi connectivity index (χ4v) is 6.63. The molecular weight excluding hydrogens is 765 g/mol. The quantitative estimate of drug-likeness (QED) is 0.0214. The third-order valence-corrected chi connectivity index (χ3v) is 10.2. The second kappa shape index (κ2) is 29.7. The van der Waals surface area contributed by atoms with E-state index in [1.807, 2.05) is 36.4 Å². The van der Waals surface area contributed by atoms with Crippen LogP contribution in [0.15, 0.2) is 91.5 Å². The van der Waals surface area contributed by atoms with E-state index in [0.717, 1.165) is 104 Å². The highest BCUT2D eigenvalue weighted by molar-refractivity contribution is 5.93. The number of esters is 2. The normalized spacial score (nSPS) is 10.7. The van der Waals surface area contributed by atoms with Gasteiger partial charge in [-0.25, -0.2) is 9.59 Å². The smallest absolute Gasteiger partial charge is 0.342 e. The minimum absolute atomic E-state index is 0.289. The second-order valence-electron chi connectivity index (χ2n) is 15.4. The fourth-order valence-electron chi connectivity index (χ4n) is 6.63. The molecule has 4 rings (SSSR count). The van der Waals surface area contributed by atoms with E-state index in [4.69, 9.17) is 28.4 Å². The largest absolute Gasteiger partial charge is 0.494 e. The van der Waals surface area contributed by atoms with Crippen molar-refractivity contribution in [1.29, 1.82) is 0 Å². The monoisotopic (exact) mass is 832 g/mol. The van der Waals surface area contributed by atoms with Gasteiger partial charge in [0.2, 0.25) is 0 Å². The summed E-state index contributed by atoms with van der Waals surface area (Å²) in [5.74, 6) is 8.55. The Hall–Kier alpha value is -5.42. The van der Waals surface area contributed by atoms with Gasteiger partial charge in [-0.3, -0.25) is 0 Å². The van der Waals surface area contributed by atoms with Crippen LogP contribution in [0.3, 0.4) is 0 Å². The van der Waals surface area contributed by atoms with Crippen molar-refractivity contribution >= 4 is 22.7 Å². The first-order valence-corrected chi connectivity index (χ1v) is 22.8. The van der Waals surface area contributed by atoms with Gasteiger partial charge in [0, 0.05) is 17.2 Å². The Labute approximate surface area is 365 Å². The second-order valence-corrected chi connectivity index (χ2v) is 15.4. The summed E-state index contributed by atoms with van der Waals surface area (Å²) >= 11 is 0. The molecule has 4 aromatic rings. The summed E-state index contributed by atoms with van der Waals surface area (Å²) in [6.45, 7) is 10.8. The molecule has 0 aliphatic heterocycles. The topological polar surface area (TPSA) is 89.5 Å². The first-order chi connectivity index (χ1) is 30.0. The Morgan fingerprint density at radius 2 is 0.934 bits per heavy atom. The molecule has 8 nitrogen and oxygen atoms in total. The molecule has 0 bridgehead atoms. The van der Waals surface area contributed by atoms with Crippen LogP contribution in [0, 0.1) is 11.8 Å². The molecule has 0 atom stereocenters. The van der Waals surface area contributed by atoms with E-state index in [1.165, 1.54) is 38.5 Å². The number of rotatable bonds is 31. The first-order valence-electron chi connectivity index (χ1n) is 22.8. The van der Waals surface area contributed by atoms with E-state index in [9.17, 15) is 9.59 Å². The highest BCUT2D eigenvalue weighted by atomic mass is 16.5. The molecule has 0 saturated carbocycles. The van der Waals surface area contributed by atoms with E-state index in [-0.39, 0.29) is 6.61 Å². The van der Waals surface area contributed by atoms with Crippen LogP contribution in [0.1, 0.15) is 144 Å². The highest BCUT2D eigenvalue weighted by Gasteiger charge is 2.16. The maximum absolute atomic E-state index is 13.1. The zero-order valence-electron chi connectivity index (χ0n) is 36.8. The van der Waals surface area contributed by atoms with Crippen molar-refractivity contribution in [2.24, 2.45) is 0 Å². The Bertz CT molecular complexity index is 1940. The maximum Gasteiger partial charge on any atom is 0.342 e. The number of hydrogen-bond acceptors (Lipinski definition) is 8. The molecule has 0 aliphatic carbocycles. The van der Waals surface area contributed by atoms with Gasteiger partial charge in [-0.1, -0.05) is 102 Å². The zero-order valence-corrected chi connectivity index (χ0v) is 36.8. The molecule has 0 N–H and O–H groups in total. The van der Waals surface area contributed by atoms with Crippen molar-refractivity contribution in [1.82, 2.24) is 0 Å². The molecule has 0 heterocycles. The molecule has 0 unspecified atom stereocenters. The zero-order chi connectivity index (χ0) is 43.2. The van der Waals surface area contributed by atoms with Gasteiger partial charge in [0.1, 0.15) is 28.6 Å². The third-order valence-electron chi connectivity index (χ3n) is 10.2. The van der Waals surface area contributed by atoms with Crippen molar-refractivity contribution in [2.45, 2.75) is 123 Å². The predicted molar refractivity (Wildman–Crippen MR) is 246 cm³/mol. The molecule has 328 valence electrons. The van der Waals surface area contributed by atoms with Crippen LogP contribution >= 0.6 is 0 Å². The SMILES string of the molecule is C=CC(=O)OCCCCOc1ccc(OCCCCCCOc2ccc3cc(C#Cc4ccc(OCCCCCCCC)cc4)ccc3c2)cc1C(=O)OCCCCCCC. The van der Waals surface area contributed by atoms with Crippen LogP contribution in [0.5, 0.6) is 23.0 Å². The van der Waals surface area contributed by atoms with Crippen LogP contribution in [0.25, 0.3) is 10.8 Å². The van der Waals surface area contributed by atoms with Gasteiger partial charge in [-0.05, 0) is 129 Å². The Morgan fingerprint density at radius 1 is 0.475 bits per heavy atom. The molecule has 8 heteroatoms. The van der Waals surface area contributed by atoms with Crippen molar-refractivity contribution in [2.75, 3.05) is 39.6 Å². The molecule has 4 aromatic carbocycles. The number of unbranched alkanes of at least 4 members (excludes halogenated alkanes) is 13. The number of hydrogen-bond donors (Lipinski definition) is 0. The molecule has 0 aliphatic rings. The third kappa shape index (κ3) is 19.7. The van der Waals surface area contributed by atoms with Gasteiger partial charge in [0.25, 0.3) is 0 Å². The van der Waals surface area contributed by atoms with Crippen LogP contribution in [-0.4, -0.2) is 51.6 Å². The summed E-state index contributed by atoms with van der Waals surface area (Å²) in [6.07, 6.45) is 19.2. The number of benzene rings is 4. The van der Waals surface area contributed by atoms with Crippen LogP contribution in [0.4, 0.5) is 0 Å². The number of carbonyl (C=O) groups excluding carboxylic acids is 2. The van der Waals surface area contributed by atoms with Crippen molar-refractivity contribution in [3.05, 3.63) is 108 Å². The fraction of sp³-hybridized carbons (Fsp3) is 0.472. The number of fused-ring (bicyclic) bond motifs is 1.